The summed E-state index contributed by atoms with van der Waals surface area (Å²) in [6, 6.07) is 9.62. The first-order valence-electron chi connectivity index (χ1n) is 9.76. The number of carbonyl (C=O) groups is 2. The van der Waals surface area contributed by atoms with Gasteiger partial charge < -0.3 is 9.84 Å². The molecule has 1 aromatic heterocycles. The number of benzene rings is 2. The van der Waals surface area contributed by atoms with Crippen LogP contribution in [0.4, 0.5) is 14.5 Å². The van der Waals surface area contributed by atoms with Crippen molar-refractivity contribution in [2.45, 2.75) is 13.0 Å². The fraction of sp³-hybridized carbons (Fsp3) is 0.125. The molecule has 1 unspecified atom stereocenters. The van der Waals surface area contributed by atoms with Crippen molar-refractivity contribution in [2.75, 3.05) is 12.0 Å². The number of aliphatic hydroxyl groups excluding tert-OH is 1. The van der Waals surface area contributed by atoms with Crippen LogP contribution in [0.3, 0.4) is 0 Å². The predicted octanol–water partition coefficient (Wildman–Crippen LogP) is 4.96. The van der Waals surface area contributed by atoms with Gasteiger partial charge in [0.25, 0.3) is 11.7 Å². The first-order chi connectivity index (χ1) is 15.7. The standard InChI is InChI=1S/C24H17ClF2N2O4/c1-12-9-14(23(33-2)15(25)10-12)21(30)19-20(18-5-3-4-8-28-18)29(24(32)22(19)31)13-6-7-16(26)17(27)11-13/h3-11,20,30H,1-2H3/b21-19+. The van der Waals surface area contributed by atoms with Crippen LogP contribution in [0, 0.1) is 18.6 Å². The van der Waals surface area contributed by atoms with Crippen molar-refractivity contribution in [3.8, 4) is 5.75 Å². The van der Waals surface area contributed by atoms with Crippen LogP contribution in [0.5, 0.6) is 5.75 Å². The Morgan fingerprint density at radius 1 is 1.12 bits per heavy atom. The number of carbonyl (C=O) groups excluding carboxylic acids is 2. The number of aliphatic hydroxyl groups is 1. The van der Waals surface area contributed by atoms with E-state index >= 15 is 0 Å². The van der Waals surface area contributed by atoms with E-state index in [9.17, 15) is 23.5 Å². The van der Waals surface area contributed by atoms with E-state index in [1.165, 1.54) is 19.4 Å². The Labute approximate surface area is 192 Å². The maximum Gasteiger partial charge on any atom is 0.300 e. The van der Waals surface area contributed by atoms with Crippen LogP contribution >= 0.6 is 11.6 Å². The lowest BCUT2D eigenvalue weighted by molar-refractivity contribution is -0.132. The number of hydrogen-bond donors (Lipinski definition) is 1. The second-order valence-corrected chi connectivity index (χ2v) is 7.76. The summed E-state index contributed by atoms with van der Waals surface area (Å²) in [7, 11) is 1.35. The lowest BCUT2D eigenvalue weighted by atomic mass is 9.97. The number of hydrogen-bond acceptors (Lipinski definition) is 5. The third kappa shape index (κ3) is 3.82. The third-order valence-corrected chi connectivity index (χ3v) is 5.52. The molecule has 3 aromatic rings. The minimum Gasteiger partial charge on any atom is -0.507 e. The number of ketones is 1. The van der Waals surface area contributed by atoms with Crippen molar-refractivity contribution in [2.24, 2.45) is 0 Å². The van der Waals surface area contributed by atoms with Gasteiger partial charge in [0.05, 0.1) is 29.0 Å². The van der Waals surface area contributed by atoms with Crippen molar-refractivity contribution in [1.82, 2.24) is 4.98 Å². The fourth-order valence-electron chi connectivity index (χ4n) is 3.81. The summed E-state index contributed by atoms with van der Waals surface area (Å²) < 4.78 is 32.8. The third-order valence-electron chi connectivity index (χ3n) is 5.24. The van der Waals surface area contributed by atoms with Crippen LogP contribution < -0.4 is 9.64 Å². The normalized spacial score (nSPS) is 17.5. The molecule has 2 aromatic carbocycles. The molecule has 0 radical (unpaired) electrons. The largest absolute Gasteiger partial charge is 0.507 e. The molecule has 1 fully saturated rings. The Kier molecular flexibility index (Phi) is 5.86. The summed E-state index contributed by atoms with van der Waals surface area (Å²) in [5, 5.41) is 11.4. The van der Waals surface area contributed by atoms with Gasteiger partial charge in [0, 0.05) is 18.0 Å². The van der Waals surface area contributed by atoms with Crippen molar-refractivity contribution < 1.29 is 28.2 Å². The number of aromatic nitrogens is 1. The average Bonchev–Trinajstić information content (AvgIpc) is 3.06. The van der Waals surface area contributed by atoms with Gasteiger partial charge in [-0.2, -0.15) is 0 Å². The molecular weight excluding hydrogens is 454 g/mol. The first-order valence-corrected chi connectivity index (χ1v) is 10.1. The minimum absolute atomic E-state index is 0.0695. The molecule has 1 aliphatic rings. The van der Waals surface area contributed by atoms with Crippen LogP contribution in [0.25, 0.3) is 5.76 Å². The zero-order valence-corrected chi connectivity index (χ0v) is 18.2. The molecule has 0 aliphatic carbocycles. The van der Waals surface area contributed by atoms with Gasteiger partial charge in [-0.25, -0.2) is 8.78 Å². The summed E-state index contributed by atoms with van der Waals surface area (Å²) in [6.07, 6.45) is 1.45. The number of rotatable bonds is 4. The summed E-state index contributed by atoms with van der Waals surface area (Å²) >= 11 is 6.25. The molecule has 1 amide bonds. The summed E-state index contributed by atoms with van der Waals surface area (Å²) in [5.74, 6) is -4.77. The number of anilines is 1. The van der Waals surface area contributed by atoms with Crippen molar-refractivity contribution in [3.63, 3.8) is 0 Å². The van der Waals surface area contributed by atoms with Gasteiger partial charge >= 0.3 is 0 Å². The van der Waals surface area contributed by atoms with Gasteiger partial charge in [0.2, 0.25) is 0 Å². The van der Waals surface area contributed by atoms with Crippen molar-refractivity contribution in [1.29, 1.82) is 0 Å². The molecule has 33 heavy (non-hydrogen) atoms. The number of nitrogens with zero attached hydrogens (tertiary/aromatic N) is 2. The molecule has 1 N–H and O–H groups in total. The van der Waals surface area contributed by atoms with Gasteiger partial charge in [-0.05, 0) is 48.9 Å². The van der Waals surface area contributed by atoms with E-state index in [2.05, 4.69) is 4.98 Å². The van der Waals surface area contributed by atoms with Crippen molar-refractivity contribution >= 4 is 34.7 Å². The second kappa shape index (κ2) is 8.63. The van der Waals surface area contributed by atoms with E-state index in [0.29, 0.717) is 5.56 Å². The number of ether oxygens (including phenoxy) is 1. The molecule has 0 bridgehead atoms. The molecule has 0 saturated carbocycles. The Balaban J connectivity index is 2.00. The molecule has 0 spiro atoms. The molecule has 6 nitrogen and oxygen atoms in total. The van der Waals surface area contributed by atoms with Crippen LogP contribution in [0.15, 0.2) is 60.3 Å². The molecule has 2 heterocycles. The highest BCUT2D eigenvalue weighted by molar-refractivity contribution is 6.51. The van der Waals surface area contributed by atoms with Crippen LogP contribution in [-0.2, 0) is 9.59 Å². The van der Waals surface area contributed by atoms with Crippen molar-refractivity contribution in [3.05, 3.63) is 93.8 Å². The highest BCUT2D eigenvalue weighted by atomic mass is 35.5. The molecule has 1 aliphatic heterocycles. The number of amides is 1. The molecular formula is C24H17ClF2N2O4. The second-order valence-electron chi connectivity index (χ2n) is 7.35. The highest BCUT2D eigenvalue weighted by Crippen LogP contribution is 2.44. The van der Waals surface area contributed by atoms with E-state index in [-0.39, 0.29) is 33.3 Å². The van der Waals surface area contributed by atoms with Gasteiger partial charge in [-0.1, -0.05) is 17.7 Å². The number of aryl methyl sites for hydroxylation is 1. The van der Waals surface area contributed by atoms with E-state index < -0.39 is 35.1 Å². The molecule has 1 atom stereocenters. The zero-order valence-electron chi connectivity index (χ0n) is 17.5. The smallest absolute Gasteiger partial charge is 0.300 e. The SMILES string of the molecule is COc1c(Cl)cc(C)cc1/C(O)=C1\C(=O)C(=O)N(c2ccc(F)c(F)c2)C1c1ccccn1. The summed E-state index contributed by atoms with van der Waals surface area (Å²) in [6.45, 7) is 1.73. The summed E-state index contributed by atoms with van der Waals surface area (Å²) in [4.78, 5) is 31.4. The van der Waals surface area contributed by atoms with E-state index in [4.69, 9.17) is 16.3 Å². The lowest BCUT2D eigenvalue weighted by Crippen LogP contribution is -2.30. The van der Waals surface area contributed by atoms with Gasteiger partial charge in [0.1, 0.15) is 17.6 Å². The van der Waals surface area contributed by atoms with E-state index in [1.54, 1.807) is 37.3 Å². The Bertz CT molecular complexity index is 1310. The van der Waals surface area contributed by atoms with Gasteiger partial charge in [0.15, 0.2) is 11.6 Å². The number of methoxy groups -OCH3 is 1. The first kappa shape index (κ1) is 22.4. The quantitative estimate of drug-likeness (QED) is 0.331. The number of Topliss-reactive ketones (excluding diaryl/α,β-unsaturated/α-hetero) is 1. The molecule has 1 saturated heterocycles. The maximum atomic E-state index is 14.0. The monoisotopic (exact) mass is 470 g/mol. The van der Waals surface area contributed by atoms with Crippen LogP contribution in [-0.4, -0.2) is 28.9 Å². The van der Waals surface area contributed by atoms with E-state index in [1.807, 2.05) is 0 Å². The maximum absolute atomic E-state index is 14.0. The van der Waals surface area contributed by atoms with E-state index in [0.717, 1.165) is 17.0 Å². The molecule has 9 heteroatoms. The minimum atomic E-state index is -1.21. The Morgan fingerprint density at radius 2 is 1.88 bits per heavy atom. The zero-order chi connectivity index (χ0) is 23.9. The summed E-state index contributed by atoms with van der Waals surface area (Å²) in [5.41, 5.74) is 0.655. The molecule has 168 valence electrons. The topological polar surface area (TPSA) is 79.7 Å². The van der Waals surface area contributed by atoms with Crippen LogP contribution in [0.2, 0.25) is 5.02 Å². The lowest BCUT2D eigenvalue weighted by Gasteiger charge is -2.25. The molecule has 4 rings (SSSR count). The van der Waals surface area contributed by atoms with Gasteiger partial charge in [-0.3, -0.25) is 19.5 Å². The fourth-order valence-corrected chi connectivity index (χ4v) is 4.16. The van der Waals surface area contributed by atoms with Gasteiger partial charge in [-0.15, -0.1) is 0 Å². The number of halogens is 3. The number of pyridine rings is 1. The Hall–Kier alpha value is -3.78. The Morgan fingerprint density at radius 3 is 2.52 bits per heavy atom. The van der Waals surface area contributed by atoms with Crippen LogP contribution in [0.1, 0.15) is 22.9 Å². The predicted molar refractivity (Wildman–Crippen MR) is 118 cm³/mol. The average molecular weight is 471 g/mol. The highest BCUT2D eigenvalue weighted by Gasteiger charge is 2.48.